The van der Waals surface area contributed by atoms with E-state index < -0.39 is 21.4 Å². The highest BCUT2D eigenvalue weighted by Crippen LogP contribution is 2.39. The largest absolute Gasteiger partial charge is 0.481 e. The van der Waals surface area contributed by atoms with Crippen LogP contribution in [0.25, 0.3) is 0 Å². The Morgan fingerprint density at radius 3 is 2.53 bits per heavy atom. The first kappa shape index (κ1) is 14.2. The van der Waals surface area contributed by atoms with Gasteiger partial charge in [0.05, 0.1) is 11.2 Å². The number of hydrogen-bond donors (Lipinski definition) is 1. The Morgan fingerprint density at radius 2 is 2.18 bits per heavy atom. The standard InChI is InChI=1S/C11H19NO4S/c1-4-7-17(15,16)12-6-5-11(8-12,9(2)3)10(13)14/h4,9H,1,5-8H2,2-3H3,(H,13,14). The van der Waals surface area contributed by atoms with Crippen LogP contribution in [0.1, 0.15) is 20.3 Å². The summed E-state index contributed by atoms with van der Waals surface area (Å²) in [7, 11) is -3.40. The quantitative estimate of drug-likeness (QED) is 0.747. The molecular formula is C11H19NO4S. The maximum absolute atomic E-state index is 11.8. The highest BCUT2D eigenvalue weighted by molar-refractivity contribution is 7.89. The highest BCUT2D eigenvalue weighted by atomic mass is 32.2. The molecule has 5 nitrogen and oxygen atoms in total. The summed E-state index contributed by atoms with van der Waals surface area (Å²) in [6.45, 7) is 7.38. The second-order valence-corrected chi connectivity index (χ2v) is 6.78. The summed E-state index contributed by atoms with van der Waals surface area (Å²) in [6.07, 6.45) is 1.70. The van der Waals surface area contributed by atoms with Crippen molar-refractivity contribution in [2.24, 2.45) is 11.3 Å². The van der Waals surface area contributed by atoms with Crippen LogP contribution in [0, 0.1) is 11.3 Å². The van der Waals surface area contributed by atoms with Gasteiger partial charge in [-0.2, -0.15) is 0 Å². The fourth-order valence-electron chi connectivity index (χ4n) is 2.18. The van der Waals surface area contributed by atoms with Gasteiger partial charge in [-0.15, -0.1) is 6.58 Å². The van der Waals surface area contributed by atoms with Gasteiger partial charge in [-0.05, 0) is 12.3 Å². The lowest BCUT2D eigenvalue weighted by Gasteiger charge is -2.28. The van der Waals surface area contributed by atoms with Crippen molar-refractivity contribution in [3.8, 4) is 0 Å². The Balaban J connectivity index is 2.95. The maximum atomic E-state index is 11.8. The van der Waals surface area contributed by atoms with Crippen LogP contribution >= 0.6 is 0 Å². The topological polar surface area (TPSA) is 74.7 Å². The molecule has 0 radical (unpaired) electrons. The first-order valence-electron chi connectivity index (χ1n) is 5.58. The van der Waals surface area contributed by atoms with Gasteiger partial charge in [-0.25, -0.2) is 12.7 Å². The summed E-state index contributed by atoms with van der Waals surface area (Å²) in [5.74, 6) is -1.14. The molecular weight excluding hydrogens is 242 g/mol. The van der Waals surface area contributed by atoms with E-state index in [0.717, 1.165) is 0 Å². The van der Waals surface area contributed by atoms with E-state index in [4.69, 9.17) is 0 Å². The Kier molecular flexibility index (Phi) is 3.99. The average molecular weight is 261 g/mol. The fourth-order valence-corrected chi connectivity index (χ4v) is 3.49. The molecule has 1 rings (SSSR count). The number of carboxylic acid groups (broad SMARTS) is 1. The molecule has 1 N–H and O–H groups in total. The van der Waals surface area contributed by atoms with E-state index in [-0.39, 0.29) is 24.8 Å². The molecule has 98 valence electrons. The van der Waals surface area contributed by atoms with E-state index in [9.17, 15) is 18.3 Å². The summed E-state index contributed by atoms with van der Waals surface area (Å²) < 4.78 is 24.9. The van der Waals surface area contributed by atoms with Crippen LogP contribution in [0.2, 0.25) is 0 Å². The molecule has 1 unspecified atom stereocenters. The number of carbonyl (C=O) groups is 1. The van der Waals surface area contributed by atoms with Gasteiger partial charge in [0.2, 0.25) is 10.0 Å². The van der Waals surface area contributed by atoms with Crippen molar-refractivity contribution in [2.75, 3.05) is 18.8 Å². The van der Waals surface area contributed by atoms with Crippen LogP contribution in [0.4, 0.5) is 0 Å². The summed E-state index contributed by atoms with van der Waals surface area (Å²) in [6, 6.07) is 0. The summed E-state index contributed by atoms with van der Waals surface area (Å²) in [5, 5.41) is 9.31. The molecule has 1 aliphatic heterocycles. The van der Waals surface area contributed by atoms with E-state index in [1.165, 1.54) is 10.4 Å². The third-order valence-corrected chi connectivity index (χ3v) is 5.27. The Labute approximate surface area is 102 Å². The lowest BCUT2D eigenvalue weighted by atomic mass is 9.77. The van der Waals surface area contributed by atoms with E-state index in [2.05, 4.69) is 6.58 Å². The minimum atomic E-state index is -3.40. The number of rotatable bonds is 5. The van der Waals surface area contributed by atoms with Gasteiger partial charge in [-0.3, -0.25) is 4.79 Å². The second-order valence-electron chi connectivity index (χ2n) is 4.77. The highest BCUT2D eigenvalue weighted by Gasteiger charge is 2.49. The SMILES string of the molecule is C=CCS(=O)(=O)N1CCC(C(=O)O)(C(C)C)C1. The predicted molar refractivity (Wildman–Crippen MR) is 65.1 cm³/mol. The van der Waals surface area contributed by atoms with Crippen molar-refractivity contribution in [1.29, 1.82) is 0 Å². The maximum Gasteiger partial charge on any atom is 0.311 e. The zero-order valence-corrected chi connectivity index (χ0v) is 11.0. The predicted octanol–water partition coefficient (Wildman–Crippen LogP) is 0.935. The van der Waals surface area contributed by atoms with Gasteiger partial charge in [0, 0.05) is 13.1 Å². The van der Waals surface area contributed by atoms with Crippen molar-refractivity contribution >= 4 is 16.0 Å². The van der Waals surface area contributed by atoms with Crippen molar-refractivity contribution in [3.05, 3.63) is 12.7 Å². The van der Waals surface area contributed by atoms with Gasteiger partial charge in [0.25, 0.3) is 0 Å². The molecule has 0 amide bonds. The molecule has 1 heterocycles. The molecule has 0 saturated carbocycles. The second kappa shape index (κ2) is 4.78. The molecule has 17 heavy (non-hydrogen) atoms. The molecule has 1 aliphatic rings. The molecule has 0 aromatic rings. The number of hydrogen-bond acceptors (Lipinski definition) is 3. The van der Waals surface area contributed by atoms with Crippen molar-refractivity contribution in [1.82, 2.24) is 4.31 Å². The van der Waals surface area contributed by atoms with Crippen molar-refractivity contribution in [3.63, 3.8) is 0 Å². The number of sulfonamides is 1. The molecule has 6 heteroatoms. The zero-order chi connectivity index (χ0) is 13.3. The third-order valence-electron chi connectivity index (χ3n) is 3.52. The van der Waals surface area contributed by atoms with Crippen LogP contribution in [0.3, 0.4) is 0 Å². The Hall–Kier alpha value is -0.880. The molecule has 0 aromatic carbocycles. The van der Waals surface area contributed by atoms with Gasteiger partial charge in [0.1, 0.15) is 0 Å². The van der Waals surface area contributed by atoms with Gasteiger partial charge in [-0.1, -0.05) is 19.9 Å². The van der Waals surface area contributed by atoms with E-state index >= 15 is 0 Å². The molecule has 1 fully saturated rings. The Bertz CT molecular complexity index is 415. The number of aliphatic carboxylic acids is 1. The van der Waals surface area contributed by atoms with Crippen molar-refractivity contribution < 1.29 is 18.3 Å². The number of nitrogens with zero attached hydrogens (tertiary/aromatic N) is 1. The van der Waals surface area contributed by atoms with Crippen LogP contribution < -0.4 is 0 Å². The molecule has 0 aromatic heterocycles. The minimum Gasteiger partial charge on any atom is -0.481 e. The lowest BCUT2D eigenvalue weighted by Crippen LogP contribution is -2.41. The first-order valence-corrected chi connectivity index (χ1v) is 7.19. The summed E-state index contributed by atoms with van der Waals surface area (Å²) in [5.41, 5.74) is -0.950. The van der Waals surface area contributed by atoms with Gasteiger partial charge < -0.3 is 5.11 Å². The zero-order valence-electron chi connectivity index (χ0n) is 10.2. The molecule has 1 atom stereocenters. The molecule has 1 saturated heterocycles. The van der Waals surface area contributed by atoms with Crippen molar-refractivity contribution in [2.45, 2.75) is 20.3 Å². The molecule has 0 aliphatic carbocycles. The minimum absolute atomic E-state index is 0.0656. The van der Waals surface area contributed by atoms with E-state index in [1.54, 1.807) is 0 Å². The summed E-state index contributed by atoms with van der Waals surface area (Å²) in [4.78, 5) is 11.4. The van der Waals surface area contributed by atoms with Crippen LogP contribution in [0.5, 0.6) is 0 Å². The first-order chi connectivity index (χ1) is 7.76. The van der Waals surface area contributed by atoms with E-state index in [1.807, 2.05) is 13.8 Å². The lowest BCUT2D eigenvalue weighted by molar-refractivity contribution is -0.150. The smallest absolute Gasteiger partial charge is 0.311 e. The fraction of sp³-hybridized carbons (Fsp3) is 0.727. The average Bonchev–Trinajstić information content (AvgIpc) is 2.63. The normalized spacial score (nSPS) is 26.3. The van der Waals surface area contributed by atoms with Crippen LogP contribution in [0.15, 0.2) is 12.7 Å². The summed E-state index contributed by atoms with van der Waals surface area (Å²) >= 11 is 0. The third kappa shape index (κ3) is 2.52. The van der Waals surface area contributed by atoms with Crippen LogP contribution in [-0.2, 0) is 14.8 Å². The molecule has 0 spiro atoms. The van der Waals surface area contributed by atoms with Crippen LogP contribution in [-0.4, -0.2) is 42.6 Å². The van der Waals surface area contributed by atoms with Gasteiger partial charge in [0.15, 0.2) is 0 Å². The van der Waals surface area contributed by atoms with Gasteiger partial charge >= 0.3 is 5.97 Å². The monoisotopic (exact) mass is 261 g/mol. The number of carboxylic acids is 1. The molecule has 0 bridgehead atoms. The Morgan fingerprint density at radius 1 is 1.59 bits per heavy atom. The van der Waals surface area contributed by atoms with E-state index in [0.29, 0.717) is 6.42 Å².